The highest BCUT2D eigenvalue weighted by Gasteiger charge is 2.12. The minimum absolute atomic E-state index is 0.105. The molecule has 3 nitrogen and oxygen atoms in total. The first-order chi connectivity index (χ1) is 8.97. The van der Waals surface area contributed by atoms with Crippen LogP contribution in [-0.2, 0) is 0 Å². The molecule has 5 heteroatoms. The van der Waals surface area contributed by atoms with Crippen molar-refractivity contribution in [1.29, 1.82) is 0 Å². The van der Waals surface area contributed by atoms with Crippen LogP contribution in [0.15, 0.2) is 36.4 Å². The molecule has 0 saturated carbocycles. The van der Waals surface area contributed by atoms with Crippen LogP contribution in [-0.4, -0.2) is 11.0 Å². The molecule has 2 aromatic carbocycles. The fraction of sp³-hybridized carbons (Fsp3) is 0.0714. The van der Waals surface area contributed by atoms with Crippen molar-refractivity contribution >= 4 is 23.2 Å². The summed E-state index contributed by atoms with van der Waals surface area (Å²) in [7, 11) is 0. The zero-order chi connectivity index (χ0) is 14.0. The Morgan fingerprint density at radius 1 is 1.26 bits per heavy atom. The maximum Gasteiger partial charge on any atom is 0.259 e. The Morgan fingerprint density at radius 2 is 2.00 bits per heavy atom. The monoisotopic (exact) mass is 279 g/mol. The number of rotatable bonds is 2. The molecule has 2 N–H and O–H groups in total. The molecule has 0 unspecified atom stereocenters. The van der Waals surface area contributed by atoms with Gasteiger partial charge in [-0.3, -0.25) is 4.79 Å². The summed E-state index contributed by atoms with van der Waals surface area (Å²) in [4.78, 5) is 12.0. The van der Waals surface area contributed by atoms with Crippen LogP contribution in [0.4, 0.5) is 10.1 Å². The number of benzene rings is 2. The lowest BCUT2D eigenvalue weighted by Gasteiger charge is -2.09. The fourth-order valence-corrected chi connectivity index (χ4v) is 1.82. The van der Waals surface area contributed by atoms with Gasteiger partial charge in [0.2, 0.25) is 0 Å². The van der Waals surface area contributed by atoms with Gasteiger partial charge in [-0.05, 0) is 48.9 Å². The van der Waals surface area contributed by atoms with Crippen molar-refractivity contribution in [1.82, 2.24) is 0 Å². The molecule has 0 aromatic heterocycles. The second kappa shape index (κ2) is 5.28. The van der Waals surface area contributed by atoms with E-state index in [2.05, 4.69) is 5.32 Å². The first-order valence-corrected chi connectivity index (χ1v) is 5.91. The average Bonchev–Trinajstić information content (AvgIpc) is 2.32. The van der Waals surface area contributed by atoms with E-state index in [-0.39, 0.29) is 17.1 Å². The molecule has 0 fully saturated rings. The summed E-state index contributed by atoms with van der Waals surface area (Å²) >= 11 is 5.69. The van der Waals surface area contributed by atoms with Gasteiger partial charge in [0.15, 0.2) is 0 Å². The third kappa shape index (κ3) is 3.03. The van der Waals surface area contributed by atoms with Gasteiger partial charge < -0.3 is 10.4 Å². The lowest BCUT2D eigenvalue weighted by atomic mass is 10.1. The largest absolute Gasteiger partial charge is 0.507 e. The summed E-state index contributed by atoms with van der Waals surface area (Å²) in [6, 6.07) is 8.25. The van der Waals surface area contributed by atoms with Crippen LogP contribution in [0, 0.1) is 12.7 Å². The van der Waals surface area contributed by atoms with Crippen molar-refractivity contribution in [3.05, 3.63) is 58.4 Å². The predicted octanol–water partition coefficient (Wildman–Crippen LogP) is 3.75. The first-order valence-electron chi connectivity index (χ1n) is 5.53. The fourth-order valence-electron chi connectivity index (χ4n) is 1.65. The molecule has 98 valence electrons. The number of aromatic hydroxyl groups is 1. The molecule has 0 aliphatic carbocycles. The molecule has 0 heterocycles. The third-order valence-corrected chi connectivity index (χ3v) is 2.88. The highest BCUT2D eigenvalue weighted by Crippen LogP contribution is 2.24. The van der Waals surface area contributed by atoms with Crippen LogP contribution in [0.5, 0.6) is 5.75 Å². The summed E-state index contributed by atoms with van der Waals surface area (Å²) in [5.74, 6) is -1.06. The molecule has 0 saturated heterocycles. The zero-order valence-electron chi connectivity index (χ0n) is 10.1. The minimum Gasteiger partial charge on any atom is -0.507 e. The molecule has 19 heavy (non-hydrogen) atoms. The van der Waals surface area contributed by atoms with E-state index in [1.807, 2.05) is 0 Å². The van der Waals surface area contributed by atoms with Crippen molar-refractivity contribution in [3.63, 3.8) is 0 Å². The Morgan fingerprint density at radius 3 is 2.63 bits per heavy atom. The van der Waals surface area contributed by atoms with E-state index in [1.54, 1.807) is 6.92 Å². The number of carbonyl (C=O) groups is 1. The van der Waals surface area contributed by atoms with E-state index in [9.17, 15) is 14.3 Å². The van der Waals surface area contributed by atoms with E-state index < -0.39 is 5.91 Å². The predicted molar refractivity (Wildman–Crippen MR) is 72.2 cm³/mol. The molecule has 0 atom stereocenters. The highest BCUT2D eigenvalue weighted by atomic mass is 35.5. The number of hydrogen-bond acceptors (Lipinski definition) is 2. The van der Waals surface area contributed by atoms with Gasteiger partial charge in [-0.1, -0.05) is 11.6 Å². The molecular weight excluding hydrogens is 269 g/mol. The number of phenols is 1. The van der Waals surface area contributed by atoms with Crippen LogP contribution < -0.4 is 5.32 Å². The summed E-state index contributed by atoms with van der Waals surface area (Å²) in [6.07, 6.45) is 0. The molecular formula is C14H11ClFNO2. The van der Waals surface area contributed by atoms with Crippen molar-refractivity contribution < 1.29 is 14.3 Å². The molecule has 1 amide bonds. The second-order valence-corrected chi connectivity index (χ2v) is 4.51. The van der Waals surface area contributed by atoms with E-state index in [1.165, 1.54) is 36.4 Å². The number of anilines is 1. The van der Waals surface area contributed by atoms with Crippen molar-refractivity contribution in [3.8, 4) is 5.75 Å². The number of amides is 1. The van der Waals surface area contributed by atoms with Crippen LogP contribution in [0.1, 0.15) is 15.9 Å². The van der Waals surface area contributed by atoms with Gasteiger partial charge in [0.25, 0.3) is 5.91 Å². The number of aryl methyl sites for hydroxylation is 1. The molecule has 0 spiro atoms. The van der Waals surface area contributed by atoms with Gasteiger partial charge in [-0.2, -0.15) is 0 Å². The van der Waals surface area contributed by atoms with Crippen LogP contribution in [0.25, 0.3) is 0 Å². The van der Waals surface area contributed by atoms with Gasteiger partial charge >= 0.3 is 0 Å². The highest BCUT2D eigenvalue weighted by molar-refractivity contribution is 6.31. The third-order valence-electron chi connectivity index (χ3n) is 2.64. The summed E-state index contributed by atoms with van der Waals surface area (Å²) in [5, 5.41) is 12.6. The topological polar surface area (TPSA) is 49.3 Å². The lowest BCUT2D eigenvalue weighted by molar-refractivity contribution is 0.102. The van der Waals surface area contributed by atoms with Crippen LogP contribution in [0.3, 0.4) is 0 Å². The molecule has 0 aliphatic heterocycles. The van der Waals surface area contributed by atoms with Crippen LogP contribution >= 0.6 is 11.6 Å². The SMILES string of the molecule is Cc1cc(F)ccc1NC(=O)c1ccc(Cl)cc1O. The average molecular weight is 280 g/mol. The molecule has 0 aliphatic rings. The molecule has 2 rings (SSSR count). The lowest BCUT2D eigenvalue weighted by Crippen LogP contribution is -2.13. The Hall–Kier alpha value is -2.07. The summed E-state index contributed by atoms with van der Waals surface area (Å²) in [6.45, 7) is 1.68. The van der Waals surface area contributed by atoms with Gasteiger partial charge in [0.1, 0.15) is 11.6 Å². The summed E-state index contributed by atoms with van der Waals surface area (Å²) < 4.78 is 12.9. The van der Waals surface area contributed by atoms with Crippen molar-refractivity contribution in [2.24, 2.45) is 0 Å². The maximum absolute atomic E-state index is 12.9. The molecule has 0 radical (unpaired) electrons. The van der Waals surface area contributed by atoms with E-state index in [0.717, 1.165) is 0 Å². The van der Waals surface area contributed by atoms with Gasteiger partial charge in [-0.25, -0.2) is 4.39 Å². The van der Waals surface area contributed by atoms with E-state index >= 15 is 0 Å². The normalized spacial score (nSPS) is 10.3. The van der Waals surface area contributed by atoms with Crippen molar-refractivity contribution in [2.75, 3.05) is 5.32 Å². The second-order valence-electron chi connectivity index (χ2n) is 4.07. The van der Waals surface area contributed by atoms with Crippen LogP contribution in [0.2, 0.25) is 5.02 Å². The van der Waals surface area contributed by atoms with E-state index in [0.29, 0.717) is 16.3 Å². The Bertz CT molecular complexity index is 643. The Kier molecular flexibility index (Phi) is 3.71. The molecule has 2 aromatic rings. The first kappa shape index (κ1) is 13.4. The Balaban J connectivity index is 2.25. The quantitative estimate of drug-likeness (QED) is 0.880. The number of halogens is 2. The number of nitrogens with one attached hydrogen (secondary N) is 1. The Labute approximate surface area is 114 Å². The number of hydrogen-bond donors (Lipinski definition) is 2. The van der Waals surface area contributed by atoms with Gasteiger partial charge in [-0.15, -0.1) is 0 Å². The standard InChI is InChI=1S/C14H11ClFNO2/c1-8-6-10(16)3-5-12(8)17-14(19)11-4-2-9(15)7-13(11)18/h2-7,18H,1H3,(H,17,19). The maximum atomic E-state index is 12.9. The number of phenolic OH excluding ortho intramolecular Hbond substituents is 1. The molecule has 0 bridgehead atoms. The number of carbonyl (C=O) groups excluding carboxylic acids is 1. The van der Waals surface area contributed by atoms with Crippen molar-refractivity contribution in [2.45, 2.75) is 6.92 Å². The smallest absolute Gasteiger partial charge is 0.259 e. The minimum atomic E-state index is -0.483. The van der Waals surface area contributed by atoms with E-state index in [4.69, 9.17) is 11.6 Å². The van der Waals surface area contributed by atoms with Gasteiger partial charge in [0.05, 0.1) is 5.56 Å². The zero-order valence-corrected chi connectivity index (χ0v) is 10.8. The summed E-state index contributed by atoms with van der Waals surface area (Å²) in [5.41, 5.74) is 1.19. The van der Waals surface area contributed by atoms with Gasteiger partial charge in [0, 0.05) is 10.7 Å².